The average molecular weight is 214 g/mol. The highest BCUT2D eigenvalue weighted by atomic mass is 32.1. The number of rotatable bonds is 5. The Kier molecular flexibility index (Phi) is 4.79. The van der Waals surface area contributed by atoms with Crippen molar-refractivity contribution in [2.75, 3.05) is 13.2 Å². The first kappa shape index (κ1) is 11.4. The Bertz CT molecular complexity index is 261. The third-order valence-corrected chi connectivity index (χ3v) is 2.07. The molecule has 1 atom stereocenters. The van der Waals surface area contributed by atoms with Crippen LogP contribution in [0.25, 0.3) is 0 Å². The van der Waals surface area contributed by atoms with Crippen molar-refractivity contribution in [1.29, 1.82) is 0 Å². The molecule has 0 radical (unpaired) electrons. The van der Waals surface area contributed by atoms with Crippen molar-refractivity contribution in [2.45, 2.75) is 17.4 Å². The van der Waals surface area contributed by atoms with E-state index in [-0.39, 0.29) is 6.61 Å². The smallest absolute Gasteiger partial charge is 0.119 e. The minimum absolute atomic E-state index is 0.223. The van der Waals surface area contributed by atoms with Crippen molar-refractivity contribution < 1.29 is 14.9 Å². The summed E-state index contributed by atoms with van der Waals surface area (Å²) < 4.78 is 5.33. The van der Waals surface area contributed by atoms with Gasteiger partial charge in [0.1, 0.15) is 5.75 Å². The highest BCUT2D eigenvalue weighted by Gasteiger charge is 2.01. The van der Waals surface area contributed by atoms with Gasteiger partial charge in [-0.15, -0.1) is 12.6 Å². The zero-order valence-corrected chi connectivity index (χ0v) is 8.65. The number of hydrogen-bond acceptors (Lipinski definition) is 4. The van der Waals surface area contributed by atoms with Crippen LogP contribution in [-0.4, -0.2) is 29.5 Å². The van der Waals surface area contributed by atoms with E-state index in [1.807, 2.05) is 24.3 Å². The van der Waals surface area contributed by atoms with E-state index < -0.39 is 6.10 Å². The monoisotopic (exact) mass is 214 g/mol. The lowest BCUT2D eigenvalue weighted by Crippen LogP contribution is -2.15. The van der Waals surface area contributed by atoms with Gasteiger partial charge in [0.25, 0.3) is 0 Å². The summed E-state index contributed by atoms with van der Waals surface area (Å²) in [5, 5.41) is 17.6. The van der Waals surface area contributed by atoms with Crippen LogP contribution < -0.4 is 4.74 Å². The number of benzene rings is 1. The van der Waals surface area contributed by atoms with E-state index in [2.05, 4.69) is 12.6 Å². The quantitative estimate of drug-likeness (QED) is 0.643. The predicted molar refractivity (Wildman–Crippen MR) is 56.9 cm³/mol. The first-order valence-electron chi connectivity index (χ1n) is 4.43. The predicted octanol–water partition coefficient (Wildman–Crippen LogP) is 1.10. The minimum atomic E-state index is -0.695. The number of hydrogen-bond donors (Lipinski definition) is 3. The van der Waals surface area contributed by atoms with E-state index in [0.29, 0.717) is 13.0 Å². The summed E-state index contributed by atoms with van der Waals surface area (Å²) in [6, 6.07) is 7.29. The van der Waals surface area contributed by atoms with E-state index in [4.69, 9.17) is 14.9 Å². The van der Waals surface area contributed by atoms with E-state index in [1.54, 1.807) is 0 Å². The lowest BCUT2D eigenvalue weighted by atomic mass is 10.3. The molecular weight excluding hydrogens is 200 g/mol. The van der Waals surface area contributed by atoms with Gasteiger partial charge in [-0.25, -0.2) is 0 Å². The average Bonchev–Trinajstić information content (AvgIpc) is 2.21. The van der Waals surface area contributed by atoms with Gasteiger partial charge in [-0.2, -0.15) is 0 Å². The highest BCUT2D eigenvalue weighted by molar-refractivity contribution is 7.80. The van der Waals surface area contributed by atoms with Crippen LogP contribution in [-0.2, 0) is 0 Å². The molecule has 0 heterocycles. The second-order valence-corrected chi connectivity index (χ2v) is 3.48. The van der Waals surface area contributed by atoms with Crippen molar-refractivity contribution in [3.05, 3.63) is 24.3 Å². The topological polar surface area (TPSA) is 49.7 Å². The summed E-state index contributed by atoms with van der Waals surface area (Å²) in [5.74, 6) is 0.743. The summed E-state index contributed by atoms with van der Waals surface area (Å²) in [6.07, 6.45) is -0.266. The Hall–Kier alpha value is -0.710. The van der Waals surface area contributed by atoms with Gasteiger partial charge < -0.3 is 14.9 Å². The highest BCUT2D eigenvalue weighted by Crippen LogP contribution is 2.14. The third kappa shape index (κ3) is 4.00. The summed E-state index contributed by atoms with van der Waals surface area (Å²) in [4.78, 5) is 0.882. The van der Waals surface area contributed by atoms with Crippen LogP contribution in [0.5, 0.6) is 5.75 Å². The van der Waals surface area contributed by atoms with Crippen molar-refractivity contribution in [3.8, 4) is 5.75 Å². The van der Waals surface area contributed by atoms with E-state index in [0.717, 1.165) is 10.6 Å². The van der Waals surface area contributed by atoms with Crippen molar-refractivity contribution in [3.63, 3.8) is 0 Å². The fourth-order valence-corrected chi connectivity index (χ4v) is 1.10. The SMILES string of the molecule is OC[C@@H](O)CCOc1ccc(S)cc1. The molecule has 78 valence electrons. The molecular formula is C10H14O3S. The van der Waals surface area contributed by atoms with Gasteiger partial charge in [-0.3, -0.25) is 0 Å². The second-order valence-electron chi connectivity index (χ2n) is 2.97. The van der Waals surface area contributed by atoms with Crippen LogP contribution in [0, 0.1) is 0 Å². The van der Waals surface area contributed by atoms with E-state index in [9.17, 15) is 0 Å². The Labute approximate surface area is 88.7 Å². The zero-order valence-electron chi connectivity index (χ0n) is 7.76. The molecule has 0 aromatic heterocycles. The molecule has 1 aromatic rings. The van der Waals surface area contributed by atoms with Crippen molar-refractivity contribution in [1.82, 2.24) is 0 Å². The summed E-state index contributed by atoms with van der Waals surface area (Å²) in [5.41, 5.74) is 0. The molecule has 4 heteroatoms. The number of ether oxygens (including phenoxy) is 1. The summed E-state index contributed by atoms with van der Waals surface area (Å²) in [7, 11) is 0. The molecule has 0 aliphatic rings. The zero-order chi connectivity index (χ0) is 10.4. The first-order chi connectivity index (χ1) is 6.72. The number of aliphatic hydroxyl groups excluding tert-OH is 2. The molecule has 0 fully saturated rings. The van der Waals surface area contributed by atoms with Gasteiger partial charge in [0, 0.05) is 11.3 Å². The van der Waals surface area contributed by atoms with Crippen LogP contribution >= 0.6 is 12.6 Å². The van der Waals surface area contributed by atoms with Crippen molar-refractivity contribution in [2.24, 2.45) is 0 Å². The first-order valence-corrected chi connectivity index (χ1v) is 4.88. The maximum atomic E-state index is 9.04. The number of thiol groups is 1. The largest absolute Gasteiger partial charge is 0.493 e. The Balaban J connectivity index is 2.28. The molecule has 3 nitrogen and oxygen atoms in total. The van der Waals surface area contributed by atoms with Crippen LogP contribution in [0.1, 0.15) is 6.42 Å². The Morgan fingerprint density at radius 2 is 1.93 bits per heavy atom. The van der Waals surface area contributed by atoms with Gasteiger partial charge in [0.2, 0.25) is 0 Å². The maximum absolute atomic E-state index is 9.04. The van der Waals surface area contributed by atoms with Crippen molar-refractivity contribution >= 4 is 12.6 Å². The second kappa shape index (κ2) is 5.90. The number of aliphatic hydroxyl groups is 2. The molecule has 0 bridgehead atoms. The van der Waals surface area contributed by atoms with Gasteiger partial charge in [0.15, 0.2) is 0 Å². The molecule has 2 N–H and O–H groups in total. The Morgan fingerprint density at radius 1 is 1.29 bits per heavy atom. The maximum Gasteiger partial charge on any atom is 0.119 e. The fourth-order valence-electron chi connectivity index (χ4n) is 0.946. The lowest BCUT2D eigenvalue weighted by molar-refractivity contribution is 0.0754. The van der Waals surface area contributed by atoms with E-state index >= 15 is 0 Å². The molecule has 14 heavy (non-hydrogen) atoms. The molecule has 0 saturated carbocycles. The normalized spacial score (nSPS) is 12.5. The standard InChI is InChI=1S/C10H14O3S/c11-7-8(12)5-6-13-9-1-3-10(14)4-2-9/h1-4,8,11-12,14H,5-7H2/t8-/m0/s1. The third-order valence-electron chi connectivity index (χ3n) is 1.77. The van der Waals surface area contributed by atoms with Gasteiger partial charge >= 0.3 is 0 Å². The molecule has 1 aromatic carbocycles. The van der Waals surface area contributed by atoms with Crippen LogP contribution in [0.3, 0.4) is 0 Å². The molecule has 1 rings (SSSR count). The van der Waals surface area contributed by atoms with E-state index in [1.165, 1.54) is 0 Å². The molecule has 0 unspecified atom stereocenters. The molecule has 0 amide bonds. The molecule has 0 saturated heterocycles. The van der Waals surface area contributed by atoms with Crippen LogP contribution in [0.15, 0.2) is 29.2 Å². The molecule has 0 aliphatic heterocycles. The van der Waals surface area contributed by atoms with Gasteiger partial charge in [0.05, 0.1) is 19.3 Å². The fraction of sp³-hybridized carbons (Fsp3) is 0.400. The molecule has 0 aliphatic carbocycles. The van der Waals surface area contributed by atoms with Gasteiger partial charge in [-0.1, -0.05) is 0 Å². The van der Waals surface area contributed by atoms with Gasteiger partial charge in [-0.05, 0) is 24.3 Å². The molecule has 0 spiro atoms. The Morgan fingerprint density at radius 3 is 2.50 bits per heavy atom. The summed E-state index contributed by atoms with van der Waals surface area (Å²) >= 11 is 4.14. The van der Waals surface area contributed by atoms with Crippen LogP contribution in [0.2, 0.25) is 0 Å². The minimum Gasteiger partial charge on any atom is -0.493 e. The summed E-state index contributed by atoms with van der Waals surface area (Å²) in [6.45, 7) is 0.173. The lowest BCUT2D eigenvalue weighted by Gasteiger charge is -2.08. The van der Waals surface area contributed by atoms with Crippen LogP contribution in [0.4, 0.5) is 0 Å².